The van der Waals surface area contributed by atoms with E-state index in [0.29, 0.717) is 0 Å². The monoisotopic (exact) mass is 147 g/mol. The van der Waals surface area contributed by atoms with Gasteiger partial charge in [-0.15, -0.1) is 0 Å². The first kappa shape index (κ1) is 7.42. The zero-order chi connectivity index (χ0) is 7.83. The first-order valence-electron chi connectivity index (χ1n) is 2.94. The molecule has 1 aliphatic rings. The van der Waals surface area contributed by atoms with Gasteiger partial charge in [0, 0.05) is 12.8 Å². The van der Waals surface area contributed by atoms with Gasteiger partial charge in [0.25, 0.3) is 5.92 Å². The van der Waals surface area contributed by atoms with Crippen LogP contribution in [0.1, 0.15) is 12.8 Å². The molecule has 1 saturated carbocycles. The molecule has 0 aromatic rings. The van der Waals surface area contributed by atoms with Gasteiger partial charge in [-0.3, -0.25) is 0 Å². The number of hydrogen-bond donors (Lipinski definition) is 1. The maximum atomic E-state index is 12.1. The molecule has 0 radical (unpaired) electrons. The summed E-state index contributed by atoms with van der Waals surface area (Å²) in [6, 6.07) is 1.69. The molecule has 1 aliphatic carbocycles. The highest BCUT2D eigenvalue weighted by molar-refractivity contribution is 5.11. The van der Waals surface area contributed by atoms with Crippen LogP contribution in [0.5, 0.6) is 0 Å². The molecule has 1 fully saturated rings. The molecular weight excluding hydrogens is 140 g/mol. The number of nitriles is 1. The topological polar surface area (TPSA) is 44.0 Å². The van der Waals surface area contributed by atoms with Crippen molar-refractivity contribution in [3.05, 3.63) is 0 Å². The summed E-state index contributed by atoms with van der Waals surface area (Å²) in [5.74, 6) is -2.72. The lowest BCUT2D eigenvalue weighted by Gasteiger charge is -2.40. The summed E-state index contributed by atoms with van der Waals surface area (Å²) in [5.41, 5.74) is -1.15. The zero-order valence-corrected chi connectivity index (χ0v) is 5.27. The van der Waals surface area contributed by atoms with Gasteiger partial charge in [0.2, 0.25) is 0 Å². The molecule has 0 aromatic carbocycles. The highest BCUT2D eigenvalue weighted by Gasteiger charge is 2.56. The second kappa shape index (κ2) is 1.89. The largest absolute Gasteiger partial charge is 0.395 e. The number of rotatable bonds is 1. The minimum Gasteiger partial charge on any atom is -0.395 e. The van der Waals surface area contributed by atoms with Crippen molar-refractivity contribution >= 4 is 0 Å². The Bertz CT molecular complexity index is 177. The molecule has 2 nitrogen and oxygen atoms in total. The van der Waals surface area contributed by atoms with E-state index in [2.05, 4.69) is 0 Å². The Kier molecular flexibility index (Phi) is 1.41. The van der Waals surface area contributed by atoms with Gasteiger partial charge >= 0.3 is 0 Å². The molecule has 0 heterocycles. The number of hydrogen-bond acceptors (Lipinski definition) is 2. The Hall–Kier alpha value is -0.690. The van der Waals surface area contributed by atoms with E-state index in [4.69, 9.17) is 10.4 Å². The van der Waals surface area contributed by atoms with Crippen LogP contribution in [-0.4, -0.2) is 17.6 Å². The fourth-order valence-electron chi connectivity index (χ4n) is 1.16. The Morgan fingerprint density at radius 3 is 2.10 bits per heavy atom. The Morgan fingerprint density at radius 2 is 2.00 bits per heavy atom. The molecule has 0 spiro atoms. The molecule has 10 heavy (non-hydrogen) atoms. The first-order chi connectivity index (χ1) is 4.54. The van der Waals surface area contributed by atoms with Gasteiger partial charge in [-0.1, -0.05) is 0 Å². The minimum absolute atomic E-state index is 0.459. The third kappa shape index (κ3) is 0.971. The number of aliphatic hydroxyl groups is 1. The first-order valence-corrected chi connectivity index (χ1v) is 2.94. The lowest BCUT2D eigenvalue weighted by atomic mass is 9.68. The molecule has 0 saturated heterocycles. The third-order valence-corrected chi connectivity index (χ3v) is 1.73. The molecule has 1 N–H and O–H groups in total. The van der Waals surface area contributed by atoms with Crippen LogP contribution in [0.15, 0.2) is 0 Å². The van der Waals surface area contributed by atoms with Crippen molar-refractivity contribution in [1.82, 2.24) is 0 Å². The fraction of sp³-hybridized carbons (Fsp3) is 0.833. The molecule has 0 aromatic heterocycles. The lowest BCUT2D eigenvalue weighted by molar-refractivity contribution is -0.151. The van der Waals surface area contributed by atoms with E-state index < -0.39 is 30.8 Å². The number of nitrogens with zero attached hydrogens (tertiary/aromatic N) is 1. The van der Waals surface area contributed by atoms with Gasteiger partial charge in [-0.05, 0) is 0 Å². The molecule has 1 rings (SSSR count). The minimum atomic E-state index is -2.72. The van der Waals surface area contributed by atoms with Crippen LogP contribution in [0, 0.1) is 16.7 Å². The van der Waals surface area contributed by atoms with Gasteiger partial charge in [-0.2, -0.15) is 5.26 Å². The summed E-state index contributed by atoms with van der Waals surface area (Å²) in [6.45, 7) is -0.459. The van der Waals surface area contributed by atoms with E-state index in [1.54, 1.807) is 6.07 Å². The molecule has 56 valence electrons. The smallest absolute Gasteiger partial charge is 0.251 e. The van der Waals surface area contributed by atoms with Crippen molar-refractivity contribution in [3.63, 3.8) is 0 Å². The second-order valence-electron chi connectivity index (χ2n) is 2.76. The van der Waals surface area contributed by atoms with Crippen molar-refractivity contribution in [2.45, 2.75) is 18.8 Å². The number of alkyl halides is 2. The van der Waals surface area contributed by atoms with Crippen molar-refractivity contribution in [1.29, 1.82) is 5.26 Å². The molecule has 0 atom stereocenters. The molecule has 0 aliphatic heterocycles. The average molecular weight is 147 g/mol. The zero-order valence-electron chi connectivity index (χ0n) is 5.27. The summed E-state index contributed by atoms with van der Waals surface area (Å²) in [5, 5.41) is 16.8. The fourth-order valence-corrected chi connectivity index (χ4v) is 1.16. The predicted octanol–water partition coefficient (Wildman–Crippen LogP) is 0.918. The molecule has 0 bridgehead atoms. The van der Waals surface area contributed by atoms with E-state index in [0.717, 1.165) is 0 Å². The van der Waals surface area contributed by atoms with Gasteiger partial charge in [0.1, 0.15) is 0 Å². The van der Waals surface area contributed by atoms with Crippen LogP contribution in [0.2, 0.25) is 0 Å². The second-order valence-corrected chi connectivity index (χ2v) is 2.76. The Labute approximate surface area is 57.1 Å². The van der Waals surface area contributed by atoms with Crippen LogP contribution in [0.4, 0.5) is 8.78 Å². The van der Waals surface area contributed by atoms with E-state index in [1.807, 2.05) is 0 Å². The Morgan fingerprint density at radius 1 is 1.50 bits per heavy atom. The van der Waals surface area contributed by atoms with Gasteiger partial charge in [-0.25, -0.2) is 8.78 Å². The van der Waals surface area contributed by atoms with Crippen LogP contribution < -0.4 is 0 Å². The summed E-state index contributed by atoms with van der Waals surface area (Å²) in [6.07, 6.45) is -0.986. The third-order valence-electron chi connectivity index (χ3n) is 1.73. The predicted molar refractivity (Wildman–Crippen MR) is 29.3 cm³/mol. The summed E-state index contributed by atoms with van der Waals surface area (Å²) >= 11 is 0. The van der Waals surface area contributed by atoms with E-state index in [1.165, 1.54) is 0 Å². The quantitative estimate of drug-likeness (QED) is 0.599. The van der Waals surface area contributed by atoms with Crippen LogP contribution in [0.3, 0.4) is 0 Å². The van der Waals surface area contributed by atoms with Crippen molar-refractivity contribution < 1.29 is 13.9 Å². The molecule has 4 heteroatoms. The lowest BCUT2D eigenvalue weighted by Crippen LogP contribution is -2.47. The van der Waals surface area contributed by atoms with Crippen LogP contribution in [-0.2, 0) is 0 Å². The Balaban J connectivity index is 2.57. The summed E-state index contributed by atoms with van der Waals surface area (Å²) in [7, 11) is 0. The van der Waals surface area contributed by atoms with Crippen molar-refractivity contribution in [2.24, 2.45) is 5.41 Å². The van der Waals surface area contributed by atoms with E-state index in [-0.39, 0.29) is 0 Å². The van der Waals surface area contributed by atoms with E-state index >= 15 is 0 Å². The summed E-state index contributed by atoms with van der Waals surface area (Å²) in [4.78, 5) is 0. The maximum Gasteiger partial charge on any atom is 0.251 e. The molecule has 0 amide bonds. The maximum absolute atomic E-state index is 12.1. The standard InChI is InChI=1S/C6H7F2NO/c7-6(8)1-5(2-6,3-9)4-10/h10H,1-2,4H2. The number of aliphatic hydroxyl groups excluding tert-OH is 1. The highest BCUT2D eigenvalue weighted by Crippen LogP contribution is 2.51. The SMILES string of the molecule is N#CC1(CO)CC(F)(F)C1. The van der Waals surface area contributed by atoms with Gasteiger partial charge in [0.05, 0.1) is 18.1 Å². The molecule has 0 unspecified atom stereocenters. The van der Waals surface area contributed by atoms with Gasteiger partial charge in [0.15, 0.2) is 0 Å². The summed E-state index contributed by atoms with van der Waals surface area (Å²) < 4.78 is 24.3. The van der Waals surface area contributed by atoms with E-state index in [9.17, 15) is 8.78 Å². The number of halogens is 2. The highest BCUT2D eigenvalue weighted by atomic mass is 19.3. The van der Waals surface area contributed by atoms with Crippen molar-refractivity contribution in [2.75, 3.05) is 6.61 Å². The van der Waals surface area contributed by atoms with Crippen LogP contribution >= 0.6 is 0 Å². The average Bonchev–Trinajstić information content (AvgIpc) is 1.82. The molecular formula is C6H7F2NO. The van der Waals surface area contributed by atoms with Gasteiger partial charge < -0.3 is 5.11 Å². The van der Waals surface area contributed by atoms with Crippen LogP contribution in [0.25, 0.3) is 0 Å². The van der Waals surface area contributed by atoms with Crippen molar-refractivity contribution in [3.8, 4) is 6.07 Å². The normalized spacial score (nSPS) is 26.6.